The van der Waals surface area contributed by atoms with Crippen LogP contribution < -0.4 is 0 Å². The number of hydrogen-bond donors (Lipinski definition) is 0. The highest BCUT2D eigenvalue weighted by molar-refractivity contribution is 7.99. The lowest BCUT2D eigenvalue weighted by molar-refractivity contribution is -0.382. The molecule has 0 radical (unpaired) electrons. The van der Waals surface area contributed by atoms with E-state index in [-0.39, 0.29) is 12.6 Å². The second-order valence-corrected chi connectivity index (χ2v) is 24.7. The molecule has 0 bridgehead atoms. The topological polar surface area (TPSA) is 442 Å². The van der Waals surface area contributed by atoms with E-state index in [1.54, 1.807) is 11.8 Å². The molecule has 37 heteroatoms. The van der Waals surface area contributed by atoms with E-state index in [0.717, 1.165) is 147 Å². The molecule has 0 aromatic rings. The molecule has 20 atom stereocenters. The lowest BCUT2D eigenvalue weighted by atomic mass is 9.95. The Morgan fingerprint density at radius 1 is 0.277 bits per heavy atom. The van der Waals surface area contributed by atoms with Crippen molar-refractivity contribution in [3.8, 4) is 0 Å². The maximum absolute atomic E-state index is 13.5. The van der Waals surface area contributed by atoms with Gasteiger partial charge in [-0.25, -0.2) is 0 Å². The SMILES string of the molecule is COC(=O)CCCCCCCCCCSCCO[C@H]1O[C@H](COC(C)=O)[C@@H](O[C@@H]2O[C@H](COC(C)=O)[C@@H](O[C@@H]3O[C@H](CO[C@@H]4O[C@H](COC(C)=O)[C@@H](OC(C)=O)[C@H](OC(C)=O)[C@H]4OC(C)=O)[C@@H](OC(C)=O)[C@H](OC(C)=O)[C@H]3OC(C)=O)[C@H](OC(C)=O)[C@H]2OC(C)=O)[C@H](OC(C)=O)[C@H]1OC(C)=O. The fraction of sp³-hybridized carbons (Fsp3) is 0.781. The van der Waals surface area contributed by atoms with Crippen molar-refractivity contribution in [3.63, 3.8) is 0 Å². The van der Waals surface area contributed by atoms with Gasteiger partial charge in [0.15, 0.2) is 86.2 Å². The maximum Gasteiger partial charge on any atom is 0.305 e. The lowest BCUT2D eigenvalue weighted by Crippen LogP contribution is -2.69. The molecule has 0 amide bonds. The highest BCUT2D eigenvalue weighted by Gasteiger charge is 2.61. The van der Waals surface area contributed by atoms with Crippen LogP contribution in [0.3, 0.4) is 0 Å². The number of unbranched alkanes of at least 4 members (excludes halogenated alkanes) is 7. The molecule has 0 aromatic carbocycles. The van der Waals surface area contributed by atoms with Gasteiger partial charge >= 0.3 is 83.6 Å². The van der Waals surface area contributed by atoms with Gasteiger partial charge < -0.3 is 104 Å². The largest absolute Gasteiger partial charge is 0.469 e. The number of carbonyl (C=O) groups excluding carboxylic acids is 14. The van der Waals surface area contributed by atoms with E-state index in [4.69, 9.17) is 99.5 Å². The first-order valence-electron chi connectivity index (χ1n) is 32.6. The third-order valence-electron chi connectivity index (χ3n) is 14.9. The minimum absolute atomic E-state index is 0.0218. The lowest BCUT2D eigenvalue weighted by Gasteiger charge is -2.50. The zero-order valence-corrected chi connectivity index (χ0v) is 59.8. The predicted octanol–water partition coefficient (Wildman–Crippen LogP) is 2.11. The van der Waals surface area contributed by atoms with Crippen LogP contribution in [0, 0.1) is 0 Å². The molecule has 4 fully saturated rings. The molecule has 36 nitrogen and oxygen atoms in total. The summed E-state index contributed by atoms with van der Waals surface area (Å²) < 4.78 is 129. The standard InChI is InChI=1S/C64H94O36S/c1-31(65)81-27-44-49(85-34(4)68)53(87-36(6)70)58(92-41(11)75)62(96-44)84-30-47-50(86-35(5)69)54(88-37(7)71)59(93-42(12)76)63(98-47)100-52-46(29-83-33(3)67)97-64(60(94-43(13)77)56(52)90-39(9)73)99-51-45(28-82-32(2)66)95-61(57(91-40(10)74)55(51)89-38(8)72)80-24-26-101-25-22-20-18-16-15-17-19-21-23-48(78)79-14/h44-47,49-64H,15-30H2,1-14H3/t44-,45-,46-,47-,49-,50-,51-,52-,53+,54+,55+,56+,57-,58-,59-,60-,61+,62-,63+,64+/m1/s1. The number of rotatable bonds is 38. The molecule has 0 aliphatic carbocycles. The first-order valence-corrected chi connectivity index (χ1v) is 33.8. The highest BCUT2D eigenvalue weighted by Crippen LogP contribution is 2.39. The Morgan fingerprint density at radius 2 is 0.545 bits per heavy atom. The average Bonchev–Trinajstić information content (AvgIpc) is 0.771. The summed E-state index contributed by atoms with van der Waals surface area (Å²) in [5, 5.41) is 0. The van der Waals surface area contributed by atoms with Crippen molar-refractivity contribution in [2.24, 2.45) is 0 Å². The molecule has 0 spiro atoms. The molecule has 4 rings (SSSR count). The minimum atomic E-state index is -2.22. The fourth-order valence-corrected chi connectivity index (χ4v) is 12.0. The quantitative estimate of drug-likeness (QED) is 0.0485. The van der Waals surface area contributed by atoms with Crippen molar-refractivity contribution in [1.29, 1.82) is 0 Å². The second kappa shape index (κ2) is 43.5. The van der Waals surface area contributed by atoms with Crippen molar-refractivity contribution in [2.45, 2.75) is 271 Å². The van der Waals surface area contributed by atoms with Crippen molar-refractivity contribution < 1.29 is 171 Å². The Kier molecular flexibility index (Phi) is 37.1. The van der Waals surface area contributed by atoms with Crippen LogP contribution in [-0.2, 0) is 171 Å². The van der Waals surface area contributed by atoms with Gasteiger partial charge in [0, 0.05) is 102 Å². The van der Waals surface area contributed by atoms with Gasteiger partial charge in [0.05, 0.1) is 20.3 Å². The summed E-state index contributed by atoms with van der Waals surface area (Å²) in [6, 6.07) is 0. The van der Waals surface area contributed by atoms with Crippen LogP contribution in [0.5, 0.6) is 0 Å². The van der Waals surface area contributed by atoms with Gasteiger partial charge in [-0.05, 0) is 18.6 Å². The molecule has 4 saturated heterocycles. The van der Waals surface area contributed by atoms with Gasteiger partial charge in [-0.3, -0.25) is 67.1 Å². The van der Waals surface area contributed by atoms with Crippen LogP contribution in [0.4, 0.5) is 0 Å². The first kappa shape index (κ1) is 86.0. The summed E-state index contributed by atoms with van der Waals surface area (Å²) in [6.45, 7) is 9.40. The highest BCUT2D eigenvalue weighted by atomic mass is 32.2. The summed E-state index contributed by atoms with van der Waals surface area (Å²) in [5.41, 5.74) is 0. The summed E-state index contributed by atoms with van der Waals surface area (Å²) >= 11 is 1.56. The van der Waals surface area contributed by atoms with E-state index in [1.807, 2.05) is 0 Å². The summed E-state index contributed by atoms with van der Waals surface area (Å²) in [4.78, 5) is 179. The van der Waals surface area contributed by atoms with Gasteiger partial charge in [0.2, 0.25) is 0 Å². The first-order chi connectivity index (χ1) is 47.7. The maximum atomic E-state index is 13.5. The van der Waals surface area contributed by atoms with Crippen molar-refractivity contribution in [3.05, 3.63) is 0 Å². The van der Waals surface area contributed by atoms with Gasteiger partial charge in [0.25, 0.3) is 0 Å². The average molecular weight is 1470 g/mol. The number of ether oxygens (including phenoxy) is 22. The van der Waals surface area contributed by atoms with Crippen LogP contribution in [0.25, 0.3) is 0 Å². The zero-order valence-electron chi connectivity index (χ0n) is 59.0. The van der Waals surface area contributed by atoms with Gasteiger partial charge in [-0.2, -0.15) is 11.8 Å². The smallest absolute Gasteiger partial charge is 0.305 e. The number of thioether (sulfide) groups is 1. The molecule has 0 aromatic heterocycles. The normalized spacial score (nSPS) is 29.1. The van der Waals surface area contributed by atoms with Crippen LogP contribution in [0.1, 0.15) is 148 Å². The number of methoxy groups -OCH3 is 1. The van der Waals surface area contributed by atoms with Gasteiger partial charge in [-0.1, -0.05) is 38.5 Å². The molecular weight excluding hydrogens is 1380 g/mol. The molecule has 0 unspecified atom stereocenters. The molecule has 0 saturated carbocycles. The number of hydrogen-bond acceptors (Lipinski definition) is 37. The van der Waals surface area contributed by atoms with Crippen LogP contribution in [0.15, 0.2) is 0 Å². The molecule has 4 aliphatic rings. The molecule has 0 N–H and O–H groups in total. The Hall–Kier alpha value is -7.39. The minimum Gasteiger partial charge on any atom is -0.469 e. The second-order valence-electron chi connectivity index (χ2n) is 23.5. The predicted molar refractivity (Wildman–Crippen MR) is 333 cm³/mol. The number of carbonyl (C=O) groups is 14. The van der Waals surface area contributed by atoms with Gasteiger partial charge in [0.1, 0.15) is 56.4 Å². The Labute approximate surface area is 587 Å². The fourth-order valence-electron chi connectivity index (χ4n) is 11.2. The zero-order chi connectivity index (χ0) is 75.2. The summed E-state index contributed by atoms with van der Waals surface area (Å²) in [6.07, 6.45) is -29.3. The monoisotopic (exact) mass is 1470 g/mol. The third kappa shape index (κ3) is 29.8. The summed E-state index contributed by atoms with van der Waals surface area (Å²) in [5.74, 6) is -12.1. The Bertz CT molecular complexity index is 2800. The van der Waals surface area contributed by atoms with E-state index in [9.17, 15) is 67.1 Å². The molecule has 572 valence electrons. The Morgan fingerprint density at radius 3 is 0.881 bits per heavy atom. The van der Waals surface area contributed by atoms with Crippen LogP contribution in [-0.4, -0.2) is 258 Å². The van der Waals surface area contributed by atoms with E-state index in [1.165, 1.54) is 7.11 Å². The van der Waals surface area contributed by atoms with Crippen LogP contribution >= 0.6 is 11.8 Å². The van der Waals surface area contributed by atoms with Crippen molar-refractivity contribution in [2.75, 3.05) is 51.6 Å². The van der Waals surface area contributed by atoms with Crippen molar-refractivity contribution in [1.82, 2.24) is 0 Å². The van der Waals surface area contributed by atoms with E-state index < -0.39 is 227 Å². The van der Waals surface area contributed by atoms with E-state index >= 15 is 0 Å². The number of esters is 14. The van der Waals surface area contributed by atoms with Crippen LogP contribution in [0.2, 0.25) is 0 Å². The van der Waals surface area contributed by atoms with Gasteiger partial charge in [-0.15, -0.1) is 0 Å². The molecular formula is C64H94O36S. The Balaban J connectivity index is 1.82. The molecule has 101 heavy (non-hydrogen) atoms. The molecule has 4 aliphatic heterocycles. The summed E-state index contributed by atoms with van der Waals surface area (Å²) in [7, 11) is 1.37. The third-order valence-corrected chi connectivity index (χ3v) is 15.9. The van der Waals surface area contributed by atoms with Crippen molar-refractivity contribution >= 4 is 95.3 Å². The molecule has 4 heterocycles. The van der Waals surface area contributed by atoms with E-state index in [2.05, 4.69) is 4.74 Å². The van der Waals surface area contributed by atoms with E-state index in [0.29, 0.717) is 12.2 Å².